The van der Waals surface area contributed by atoms with Crippen molar-refractivity contribution in [3.63, 3.8) is 0 Å². The van der Waals surface area contributed by atoms with E-state index in [2.05, 4.69) is 10.4 Å². The van der Waals surface area contributed by atoms with Crippen LogP contribution in [0.3, 0.4) is 0 Å². The third kappa shape index (κ3) is 4.04. The van der Waals surface area contributed by atoms with Gasteiger partial charge in [0.2, 0.25) is 11.8 Å². The van der Waals surface area contributed by atoms with E-state index in [0.29, 0.717) is 19.4 Å². The summed E-state index contributed by atoms with van der Waals surface area (Å²) in [7, 11) is 1.91. The van der Waals surface area contributed by atoms with Gasteiger partial charge in [-0.3, -0.25) is 14.3 Å². The number of amides is 2. The maximum absolute atomic E-state index is 12.9. The normalized spacial score (nSPS) is 18.4. The van der Waals surface area contributed by atoms with Crippen molar-refractivity contribution in [1.29, 1.82) is 0 Å². The van der Waals surface area contributed by atoms with Crippen molar-refractivity contribution >= 4 is 17.5 Å². The highest BCUT2D eigenvalue weighted by molar-refractivity contribution is 6.00. The molecule has 1 aromatic carbocycles. The molecule has 2 amide bonds. The first-order chi connectivity index (χ1) is 12.9. The average Bonchev–Trinajstić information content (AvgIpc) is 2.90. The molecule has 144 valence electrons. The second kappa shape index (κ2) is 7.94. The van der Waals surface area contributed by atoms with Crippen LogP contribution in [0.1, 0.15) is 36.7 Å². The molecular weight excluding hydrogens is 340 g/mol. The molecule has 2 aromatic rings. The second-order valence-corrected chi connectivity index (χ2v) is 7.41. The maximum Gasteiger partial charge on any atom is 0.249 e. The van der Waals surface area contributed by atoms with Crippen LogP contribution in [0.25, 0.3) is 0 Å². The number of nitrogens with one attached hydrogen (secondary N) is 1. The van der Waals surface area contributed by atoms with E-state index in [4.69, 9.17) is 0 Å². The van der Waals surface area contributed by atoms with Gasteiger partial charge in [-0.15, -0.1) is 0 Å². The van der Waals surface area contributed by atoms with Crippen molar-refractivity contribution in [1.82, 2.24) is 15.1 Å². The van der Waals surface area contributed by atoms with Gasteiger partial charge in [-0.25, -0.2) is 0 Å². The smallest absolute Gasteiger partial charge is 0.249 e. The number of hydrogen-bond acceptors (Lipinski definition) is 3. The van der Waals surface area contributed by atoms with Crippen molar-refractivity contribution in [3.05, 3.63) is 47.3 Å². The van der Waals surface area contributed by atoms with Crippen molar-refractivity contribution in [3.8, 4) is 0 Å². The van der Waals surface area contributed by atoms with Crippen LogP contribution < -0.4 is 10.2 Å². The molecule has 1 saturated heterocycles. The molecule has 0 saturated carbocycles. The van der Waals surface area contributed by atoms with Crippen molar-refractivity contribution in [2.24, 2.45) is 13.0 Å². The highest BCUT2D eigenvalue weighted by atomic mass is 16.2. The topological polar surface area (TPSA) is 67.2 Å². The molecule has 0 spiro atoms. The lowest BCUT2D eigenvalue weighted by atomic mass is 9.97. The first-order valence-electron chi connectivity index (χ1n) is 9.54. The number of carbonyl (C=O) groups excluding carboxylic acids is 2. The zero-order chi connectivity index (χ0) is 19.6. The van der Waals surface area contributed by atoms with Gasteiger partial charge in [-0.1, -0.05) is 25.1 Å². The number of hydrogen-bond donors (Lipinski definition) is 1. The molecule has 27 heavy (non-hydrogen) atoms. The summed E-state index contributed by atoms with van der Waals surface area (Å²) in [6, 6.07) is 9.18. The summed E-state index contributed by atoms with van der Waals surface area (Å²) in [5, 5.41) is 7.40. The third-order valence-electron chi connectivity index (χ3n) is 5.44. The first-order valence-corrected chi connectivity index (χ1v) is 9.54. The second-order valence-electron chi connectivity index (χ2n) is 7.41. The molecule has 6 heteroatoms. The van der Waals surface area contributed by atoms with E-state index in [9.17, 15) is 9.59 Å². The van der Waals surface area contributed by atoms with Gasteiger partial charge in [-0.05, 0) is 50.8 Å². The molecule has 1 aliphatic rings. The zero-order valence-corrected chi connectivity index (χ0v) is 16.5. The van der Waals surface area contributed by atoms with Crippen LogP contribution in [-0.2, 0) is 23.1 Å². The number of carbonyl (C=O) groups is 2. The molecule has 1 fully saturated rings. The van der Waals surface area contributed by atoms with E-state index in [-0.39, 0.29) is 17.7 Å². The number of nitrogens with zero attached hydrogens (tertiary/aromatic N) is 3. The van der Waals surface area contributed by atoms with Gasteiger partial charge < -0.3 is 10.2 Å². The highest BCUT2D eigenvalue weighted by Gasteiger charge is 2.32. The lowest BCUT2D eigenvalue weighted by Crippen LogP contribution is -2.53. The van der Waals surface area contributed by atoms with Gasteiger partial charge in [-0.2, -0.15) is 5.10 Å². The highest BCUT2D eigenvalue weighted by Crippen LogP contribution is 2.22. The van der Waals surface area contributed by atoms with Gasteiger partial charge in [0.1, 0.15) is 6.04 Å². The Morgan fingerprint density at radius 3 is 2.63 bits per heavy atom. The number of aryl methyl sites for hydroxylation is 2. The lowest BCUT2D eigenvalue weighted by Gasteiger charge is -2.33. The number of benzene rings is 1. The molecule has 2 heterocycles. The zero-order valence-electron chi connectivity index (χ0n) is 16.5. The minimum atomic E-state index is -0.454. The van der Waals surface area contributed by atoms with Gasteiger partial charge in [0.05, 0.1) is 5.69 Å². The van der Waals surface area contributed by atoms with Crippen LogP contribution in [0.4, 0.5) is 5.69 Å². The Morgan fingerprint density at radius 2 is 2.00 bits per heavy atom. The van der Waals surface area contributed by atoms with Crippen molar-refractivity contribution in [2.75, 3.05) is 11.4 Å². The summed E-state index contributed by atoms with van der Waals surface area (Å²) in [5.74, 6) is -0.320. The standard InChI is InChI=1S/C21H28N4O2/c1-14(13-18-15(2)23-24(4)16(18)3)20(26)22-19-11-8-12-25(21(19)27)17-9-6-5-7-10-17/h5-7,9-10,14,19H,8,11-13H2,1-4H3,(H,22,26). The molecule has 6 nitrogen and oxygen atoms in total. The summed E-state index contributed by atoms with van der Waals surface area (Å²) >= 11 is 0. The summed E-state index contributed by atoms with van der Waals surface area (Å²) in [6.07, 6.45) is 2.19. The van der Waals surface area contributed by atoms with Crippen LogP contribution in [0.2, 0.25) is 0 Å². The number of anilines is 1. The van der Waals surface area contributed by atoms with Crippen LogP contribution in [0.15, 0.2) is 30.3 Å². The van der Waals surface area contributed by atoms with Crippen LogP contribution in [0.5, 0.6) is 0 Å². The Hall–Kier alpha value is -2.63. The monoisotopic (exact) mass is 368 g/mol. The van der Waals surface area contributed by atoms with Crippen LogP contribution >= 0.6 is 0 Å². The quantitative estimate of drug-likeness (QED) is 0.882. The fraction of sp³-hybridized carbons (Fsp3) is 0.476. The molecule has 2 unspecified atom stereocenters. The van der Waals surface area contributed by atoms with Gasteiger partial charge in [0.25, 0.3) is 0 Å². The van der Waals surface area contributed by atoms with Crippen molar-refractivity contribution in [2.45, 2.75) is 46.1 Å². The molecular formula is C21H28N4O2. The third-order valence-corrected chi connectivity index (χ3v) is 5.44. The van der Waals surface area contributed by atoms with E-state index in [1.165, 1.54) is 0 Å². The molecule has 1 N–H and O–H groups in total. The minimum Gasteiger partial charge on any atom is -0.344 e. The molecule has 2 atom stereocenters. The summed E-state index contributed by atoms with van der Waals surface area (Å²) in [4.78, 5) is 27.3. The van der Waals surface area contributed by atoms with E-state index < -0.39 is 6.04 Å². The molecule has 3 rings (SSSR count). The van der Waals surface area contributed by atoms with Crippen molar-refractivity contribution < 1.29 is 9.59 Å². The first kappa shape index (κ1) is 19.1. The van der Waals surface area contributed by atoms with Gasteiger partial charge in [0.15, 0.2) is 0 Å². The number of piperidine rings is 1. The number of para-hydroxylation sites is 1. The summed E-state index contributed by atoms with van der Waals surface area (Å²) in [6.45, 7) is 6.58. The number of aromatic nitrogens is 2. The van der Waals surface area contributed by atoms with E-state index in [1.54, 1.807) is 4.90 Å². The Balaban J connectivity index is 1.65. The lowest BCUT2D eigenvalue weighted by molar-refractivity contribution is -0.130. The number of rotatable bonds is 5. The van der Waals surface area contributed by atoms with E-state index in [1.807, 2.05) is 62.8 Å². The molecule has 0 aliphatic carbocycles. The van der Waals surface area contributed by atoms with Crippen LogP contribution in [-0.4, -0.2) is 34.2 Å². The molecule has 1 aromatic heterocycles. The summed E-state index contributed by atoms with van der Waals surface area (Å²) < 4.78 is 1.84. The largest absolute Gasteiger partial charge is 0.344 e. The van der Waals surface area contributed by atoms with Gasteiger partial charge >= 0.3 is 0 Å². The SMILES string of the molecule is Cc1nn(C)c(C)c1CC(C)C(=O)NC1CCCN(c2ccccc2)C1=O. The minimum absolute atomic E-state index is 0.0262. The van der Waals surface area contributed by atoms with Crippen LogP contribution in [0, 0.1) is 19.8 Å². The average molecular weight is 368 g/mol. The fourth-order valence-corrected chi connectivity index (χ4v) is 3.70. The molecule has 0 radical (unpaired) electrons. The van der Waals surface area contributed by atoms with E-state index in [0.717, 1.165) is 29.1 Å². The Bertz CT molecular complexity index is 828. The predicted octanol–water partition coefficient (Wildman–Crippen LogP) is 2.53. The molecule has 1 aliphatic heterocycles. The van der Waals surface area contributed by atoms with E-state index >= 15 is 0 Å². The maximum atomic E-state index is 12.9. The fourth-order valence-electron chi connectivity index (χ4n) is 3.70. The Labute approximate surface area is 160 Å². The van der Waals surface area contributed by atoms with Gasteiger partial charge in [0, 0.05) is 30.9 Å². The predicted molar refractivity (Wildman–Crippen MR) is 106 cm³/mol. The Morgan fingerprint density at radius 1 is 1.30 bits per heavy atom. The summed E-state index contributed by atoms with van der Waals surface area (Å²) in [5.41, 5.74) is 4.03. The molecule has 0 bridgehead atoms. The Kier molecular flexibility index (Phi) is 5.63.